The summed E-state index contributed by atoms with van der Waals surface area (Å²) in [6.07, 6.45) is 63.5. The van der Waals surface area contributed by atoms with Gasteiger partial charge >= 0.3 is 13.8 Å². The van der Waals surface area contributed by atoms with Crippen molar-refractivity contribution >= 4 is 19.7 Å². The molecule has 0 aromatic rings. The lowest BCUT2D eigenvalue weighted by atomic mass is 10.0. The second-order valence-electron chi connectivity index (χ2n) is 21.2. The van der Waals surface area contributed by atoms with Crippen LogP contribution in [-0.2, 0) is 27.9 Å². The number of rotatable bonds is 53. The van der Waals surface area contributed by atoms with Gasteiger partial charge in [0.05, 0.1) is 33.8 Å². The smallest absolute Gasteiger partial charge is 0.456 e. The lowest BCUT2D eigenvalue weighted by Gasteiger charge is -2.27. The Balaban J connectivity index is 5.30. The maximum absolute atomic E-state index is 13.5. The number of carbonyl (C=O) groups excluding carboxylic acids is 2. The highest BCUT2D eigenvalue weighted by atomic mass is 31.2. The molecule has 0 aromatic heterocycles. The molecule has 71 heavy (non-hydrogen) atoms. The molecule has 0 radical (unpaired) electrons. The quantitative estimate of drug-likeness (QED) is 0.0205. The van der Waals surface area contributed by atoms with Crippen molar-refractivity contribution in [3.8, 4) is 0 Å². The summed E-state index contributed by atoms with van der Waals surface area (Å²) in [5, 5.41) is 3.04. The second-order valence-corrected chi connectivity index (χ2v) is 22.6. The molecule has 414 valence electrons. The number of phosphoric ester groups is 1. The van der Waals surface area contributed by atoms with E-state index in [2.05, 4.69) is 74.7 Å². The Morgan fingerprint density at radius 1 is 0.493 bits per heavy atom. The van der Waals surface area contributed by atoms with E-state index in [9.17, 15) is 19.0 Å². The number of hydrogen-bond donors (Lipinski definition) is 2. The van der Waals surface area contributed by atoms with Crippen molar-refractivity contribution in [2.24, 2.45) is 0 Å². The molecule has 2 N–H and O–H groups in total. The Hall–Kier alpha value is -2.29. The molecule has 0 rings (SSSR count). The van der Waals surface area contributed by atoms with Crippen LogP contribution in [0.2, 0.25) is 0 Å². The zero-order valence-electron chi connectivity index (χ0n) is 47.2. The SMILES string of the molecule is CCCCC/C=C\C/C=C\C/C=C\C/C=C\CCCCCCCC(=O)NC(COP(=O)(O)OCC[N+](C)(C)C)C(/C=C/CCCCCCCCCCCCC)OC(=O)CCCCCCCCCCCCC. The number of hydrogen-bond acceptors (Lipinski definition) is 6. The number of allylic oxidation sites excluding steroid dienone is 9. The van der Waals surface area contributed by atoms with Crippen LogP contribution in [0.1, 0.15) is 265 Å². The molecule has 0 aliphatic rings. The van der Waals surface area contributed by atoms with Crippen molar-refractivity contribution in [2.45, 2.75) is 277 Å². The fourth-order valence-electron chi connectivity index (χ4n) is 8.33. The first kappa shape index (κ1) is 68.7. The second kappa shape index (κ2) is 51.2. The van der Waals surface area contributed by atoms with Crippen LogP contribution in [0, 0.1) is 0 Å². The van der Waals surface area contributed by atoms with Gasteiger partial charge in [-0.05, 0) is 76.7 Å². The zero-order chi connectivity index (χ0) is 52.2. The summed E-state index contributed by atoms with van der Waals surface area (Å²) in [7, 11) is 1.48. The van der Waals surface area contributed by atoms with Crippen LogP contribution in [0.5, 0.6) is 0 Å². The number of phosphoric acid groups is 1. The first-order chi connectivity index (χ1) is 34.4. The lowest BCUT2D eigenvalue weighted by Crippen LogP contribution is -2.47. The fraction of sp³-hybridized carbons (Fsp3) is 0.803. The number of unbranched alkanes of at least 4 members (excludes halogenated alkanes) is 29. The molecular formula is C61H114N2O7P+. The largest absolute Gasteiger partial charge is 0.472 e. The monoisotopic (exact) mass is 1020 g/mol. The van der Waals surface area contributed by atoms with E-state index in [0.29, 0.717) is 17.4 Å². The molecule has 0 aliphatic heterocycles. The van der Waals surface area contributed by atoms with Crippen LogP contribution >= 0.6 is 7.82 Å². The van der Waals surface area contributed by atoms with Crippen molar-refractivity contribution in [1.82, 2.24) is 5.32 Å². The molecule has 1 amide bonds. The van der Waals surface area contributed by atoms with E-state index in [0.717, 1.165) is 96.3 Å². The van der Waals surface area contributed by atoms with Crippen molar-refractivity contribution in [3.63, 3.8) is 0 Å². The first-order valence-corrected chi connectivity index (χ1v) is 31.1. The summed E-state index contributed by atoms with van der Waals surface area (Å²) in [6.45, 7) is 6.97. The maximum Gasteiger partial charge on any atom is 0.472 e. The van der Waals surface area contributed by atoms with E-state index in [1.54, 1.807) is 0 Å². The van der Waals surface area contributed by atoms with Crippen LogP contribution in [0.25, 0.3) is 0 Å². The Bertz CT molecular complexity index is 1400. The third-order valence-corrected chi connectivity index (χ3v) is 13.9. The highest BCUT2D eigenvalue weighted by molar-refractivity contribution is 7.47. The molecule has 0 aliphatic carbocycles. The molecular weight excluding hydrogens is 904 g/mol. The van der Waals surface area contributed by atoms with Gasteiger partial charge in [-0.3, -0.25) is 18.6 Å². The van der Waals surface area contributed by atoms with Gasteiger partial charge in [0.25, 0.3) is 0 Å². The fourth-order valence-corrected chi connectivity index (χ4v) is 9.07. The van der Waals surface area contributed by atoms with E-state index >= 15 is 0 Å². The Kier molecular flexibility index (Phi) is 49.6. The summed E-state index contributed by atoms with van der Waals surface area (Å²) in [5.74, 6) is -0.523. The normalized spacial score (nSPS) is 14.2. The third-order valence-electron chi connectivity index (χ3n) is 13.0. The number of ether oxygens (including phenoxy) is 1. The number of nitrogens with zero attached hydrogens (tertiary/aromatic N) is 1. The number of amides is 1. The van der Waals surface area contributed by atoms with Crippen LogP contribution in [0.3, 0.4) is 0 Å². The number of nitrogens with one attached hydrogen (secondary N) is 1. The molecule has 3 atom stereocenters. The molecule has 0 spiro atoms. The van der Waals surface area contributed by atoms with Gasteiger partial charge in [0, 0.05) is 12.8 Å². The van der Waals surface area contributed by atoms with Crippen LogP contribution in [-0.4, -0.2) is 74.3 Å². The van der Waals surface area contributed by atoms with Gasteiger partial charge in [-0.25, -0.2) is 4.57 Å². The molecule has 0 heterocycles. The molecule has 3 unspecified atom stereocenters. The average molecular weight is 1020 g/mol. The summed E-state index contributed by atoms with van der Waals surface area (Å²) in [5.41, 5.74) is 0. The average Bonchev–Trinajstić information content (AvgIpc) is 3.33. The minimum atomic E-state index is -4.45. The number of carbonyl (C=O) groups is 2. The summed E-state index contributed by atoms with van der Waals surface area (Å²) in [6, 6.07) is -0.856. The van der Waals surface area contributed by atoms with Gasteiger partial charge in [0.2, 0.25) is 5.91 Å². The predicted octanol–water partition coefficient (Wildman–Crippen LogP) is 17.9. The van der Waals surface area contributed by atoms with E-state index < -0.39 is 20.0 Å². The molecule has 9 nitrogen and oxygen atoms in total. The summed E-state index contributed by atoms with van der Waals surface area (Å²) in [4.78, 5) is 37.6. The molecule has 0 bridgehead atoms. The number of quaternary nitrogens is 1. The van der Waals surface area contributed by atoms with Crippen molar-refractivity contribution in [2.75, 3.05) is 40.9 Å². The zero-order valence-corrected chi connectivity index (χ0v) is 48.1. The Labute approximate surface area is 439 Å². The third kappa shape index (κ3) is 52.4. The minimum absolute atomic E-state index is 0.0358. The van der Waals surface area contributed by atoms with E-state index in [4.69, 9.17) is 13.8 Å². The molecule has 0 fully saturated rings. The van der Waals surface area contributed by atoms with E-state index in [1.807, 2.05) is 33.3 Å². The maximum atomic E-state index is 13.5. The molecule has 10 heteroatoms. The summed E-state index contributed by atoms with van der Waals surface area (Å²) >= 11 is 0. The van der Waals surface area contributed by atoms with Crippen molar-refractivity contribution in [1.29, 1.82) is 0 Å². The highest BCUT2D eigenvalue weighted by Gasteiger charge is 2.30. The van der Waals surface area contributed by atoms with Gasteiger partial charge in [-0.2, -0.15) is 0 Å². The van der Waals surface area contributed by atoms with Gasteiger partial charge < -0.3 is 19.4 Å². The molecule has 0 saturated carbocycles. The number of likely N-dealkylation sites (N-methyl/N-ethyl adjacent to an activating group) is 1. The van der Waals surface area contributed by atoms with Crippen LogP contribution in [0.4, 0.5) is 0 Å². The molecule has 0 saturated heterocycles. The van der Waals surface area contributed by atoms with E-state index in [1.165, 1.54) is 135 Å². The minimum Gasteiger partial charge on any atom is -0.456 e. The van der Waals surface area contributed by atoms with Gasteiger partial charge in [0.15, 0.2) is 0 Å². The first-order valence-electron chi connectivity index (χ1n) is 29.6. The topological polar surface area (TPSA) is 111 Å². The van der Waals surface area contributed by atoms with E-state index in [-0.39, 0.29) is 31.5 Å². The summed E-state index contributed by atoms with van der Waals surface area (Å²) < 4.78 is 30.6. The highest BCUT2D eigenvalue weighted by Crippen LogP contribution is 2.43. The Morgan fingerprint density at radius 3 is 1.31 bits per heavy atom. The molecule has 0 aromatic carbocycles. The van der Waals surface area contributed by atoms with Crippen molar-refractivity contribution in [3.05, 3.63) is 60.8 Å². The Morgan fingerprint density at radius 2 is 0.859 bits per heavy atom. The van der Waals surface area contributed by atoms with Gasteiger partial charge in [0.1, 0.15) is 19.3 Å². The van der Waals surface area contributed by atoms with Gasteiger partial charge in [-0.1, -0.05) is 236 Å². The lowest BCUT2D eigenvalue weighted by molar-refractivity contribution is -0.870. The van der Waals surface area contributed by atoms with Gasteiger partial charge in [-0.15, -0.1) is 0 Å². The standard InChI is InChI=1S/C61H113N2O7P/c1-7-10-13-16-19-22-25-27-28-29-30-31-32-33-34-36-39-41-44-47-50-53-60(64)62-58(57-69-71(66,67)68-56-55-63(4,5)6)59(52-49-46-43-40-38-35-26-23-20-17-14-11-8-2)70-61(65)54-51-48-45-42-37-24-21-18-15-12-9-3/h19,22,27-28,30-31,33-34,49,52,58-59H,7-18,20-21,23-26,29,32,35-48,50-51,53-57H2,1-6H3,(H-,62,64,66,67)/p+1/b22-19-,28-27-,31-30-,34-33-,52-49+. The van der Waals surface area contributed by atoms with Crippen molar-refractivity contribution < 1.29 is 37.3 Å². The van der Waals surface area contributed by atoms with Crippen LogP contribution in [0.15, 0.2) is 60.8 Å². The predicted molar refractivity (Wildman–Crippen MR) is 305 cm³/mol. The van der Waals surface area contributed by atoms with Crippen LogP contribution < -0.4 is 5.32 Å². The number of esters is 1.